The van der Waals surface area contributed by atoms with Crippen LogP contribution in [0.15, 0.2) is 23.3 Å². The lowest BCUT2D eigenvalue weighted by molar-refractivity contribution is -0.192. The molecule has 0 saturated carbocycles. The third-order valence-corrected chi connectivity index (χ3v) is 5.87. The highest BCUT2D eigenvalue weighted by molar-refractivity contribution is 6.02. The van der Waals surface area contributed by atoms with Crippen LogP contribution in [0.5, 0.6) is 0 Å². The van der Waals surface area contributed by atoms with Crippen LogP contribution in [0.2, 0.25) is 0 Å². The van der Waals surface area contributed by atoms with Crippen molar-refractivity contribution in [2.75, 3.05) is 26.7 Å². The molecule has 1 saturated heterocycles. The Labute approximate surface area is 192 Å². The molecule has 33 heavy (non-hydrogen) atoms. The zero-order valence-electron chi connectivity index (χ0n) is 19.8. The van der Waals surface area contributed by atoms with Crippen LogP contribution in [0, 0.1) is 5.92 Å². The number of likely N-dealkylation sites (N-methyl/N-ethyl adjacent to an activating group) is 1. The number of esters is 4. The molecule has 0 amide bonds. The van der Waals surface area contributed by atoms with Gasteiger partial charge >= 0.3 is 23.9 Å². The molecule has 0 radical (unpaired) electrons. The van der Waals surface area contributed by atoms with Gasteiger partial charge in [0, 0.05) is 44.8 Å². The molecule has 2 aliphatic heterocycles. The summed E-state index contributed by atoms with van der Waals surface area (Å²) < 4.78 is 21.7. The topological polar surface area (TPSA) is 126 Å². The van der Waals surface area contributed by atoms with E-state index in [4.69, 9.17) is 18.9 Å². The zero-order valence-corrected chi connectivity index (χ0v) is 19.8. The van der Waals surface area contributed by atoms with Gasteiger partial charge in [0.1, 0.15) is 12.7 Å². The van der Waals surface area contributed by atoms with Gasteiger partial charge < -0.3 is 23.8 Å². The van der Waals surface area contributed by atoms with Gasteiger partial charge in [-0.3, -0.25) is 14.4 Å². The molecule has 0 aliphatic carbocycles. The second-order valence-corrected chi connectivity index (χ2v) is 8.38. The largest absolute Gasteiger partial charge is 0.458 e. The molecule has 182 valence electrons. The van der Waals surface area contributed by atoms with Crippen molar-refractivity contribution >= 4 is 29.7 Å². The molecule has 2 heterocycles. The van der Waals surface area contributed by atoms with E-state index in [0.29, 0.717) is 13.1 Å². The Balaban J connectivity index is 2.64. The number of rotatable bonds is 2. The Morgan fingerprint density at radius 2 is 1.88 bits per heavy atom. The van der Waals surface area contributed by atoms with Crippen LogP contribution in [0.1, 0.15) is 41.0 Å². The summed E-state index contributed by atoms with van der Waals surface area (Å²) in [6, 6.07) is 0. The minimum absolute atomic E-state index is 0.0850. The molecule has 4 atom stereocenters. The number of ketones is 1. The van der Waals surface area contributed by atoms with Crippen molar-refractivity contribution < 1.29 is 42.9 Å². The fourth-order valence-electron chi connectivity index (χ4n) is 3.78. The maximum Gasteiger partial charge on any atom is 0.351 e. The lowest BCUT2D eigenvalue weighted by Gasteiger charge is -2.37. The van der Waals surface area contributed by atoms with Gasteiger partial charge in [0.05, 0.1) is 5.57 Å². The van der Waals surface area contributed by atoms with Crippen molar-refractivity contribution in [3.8, 4) is 0 Å². The molecule has 2 bridgehead atoms. The predicted molar refractivity (Wildman–Crippen MR) is 115 cm³/mol. The van der Waals surface area contributed by atoms with Gasteiger partial charge in [0.25, 0.3) is 0 Å². The Hall–Kier alpha value is -3.01. The van der Waals surface area contributed by atoms with Crippen LogP contribution >= 0.6 is 0 Å². The fourth-order valence-corrected chi connectivity index (χ4v) is 3.78. The number of cyclic esters (lactones) is 1. The van der Waals surface area contributed by atoms with Crippen molar-refractivity contribution in [1.29, 1.82) is 0 Å². The van der Waals surface area contributed by atoms with Crippen LogP contribution in [0.25, 0.3) is 0 Å². The summed E-state index contributed by atoms with van der Waals surface area (Å²) in [5.41, 5.74) is -1.84. The van der Waals surface area contributed by atoms with Crippen LogP contribution in [0.4, 0.5) is 0 Å². The average Bonchev–Trinajstić information content (AvgIpc) is 2.72. The normalized spacial score (nSPS) is 31.1. The molecule has 0 aromatic rings. The van der Waals surface area contributed by atoms with Crippen LogP contribution < -0.4 is 0 Å². The summed E-state index contributed by atoms with van der Waals surface area (Å²) in [6.07, 6.45) is 0.827. The summed E-state index contributed by atoms with van der Waals surface area (Å²) in [4.78, 5) is 65.0. The number of Topliss-reactive ketones (excluding diaryl/α,β-unsaturated/α-hetero) is 1. The lowest BCUT2D eigenvalue weighted by atomic mass is 9.82. The SMILES string of the molecule is CC=C1C(=O)OC2CCN(C)CC=C(COC(=O)C(C)(OC(C)=O)C(C)C1OC(C)=O)C2=O. The van der Waals surface area contributed by atoms with Crippen molar-refractivity contribution in [3.05, 3.63) is 23.3 Å². The van der Waals surface area contributed by atoms with Crippen molar-refractivity contribution in [2.24, 2.45) is 5.92 Å². The van der Waals surface area contributed by atoms with E-state index in [2.05, 4.69) is 0 Å². The molecule has 4 unspecified atom stereocenters. The van der Waals surface area contributed by atoms with E-state index in [-0.39, 0.29) is 17.6 Å². The first kappa shape index (κ1) is 26.2. The molecule has 10 nitrogen and oxygen atoms in total. The van der Waals surface area contributed by atoms with Gasteiger partial charge in [-0.05, 0) is 20.9 Å². The van der Waals surface area contributed by atoms with Crippen molar-refractivity contribution in [2.45, 2.75) is 58.8 Å². The third kappa shape index (κ3) is 6.07. The number of ether oxygens (including phenoxy) is 4. The average molecular weight is 465 g/mol. The second kappa shape index (κ2) is 10.7. The highest BCUT2D eigenvalue weighted by Crippen LogP contribution is 2.33. The molecular formula is C23H31NO9. The third-order valence-electron chi connectivity index (χ3n) is 5.87. The first-order valence-corrected chi connectivity index (χ1v) is 10.7. The molecule has 0 spiro atoms. The first-order valence-electron chi connectivity index (χ1n) is 10.7. The number of carbonyl (C=O) groups excluding carboxylic acids is 5. The molecule has 0 N–H and O–H groups in total. The summed E-state index contributed by atoms with van der Waals surface area (Å²) in [5, 5.41) is 0. The van der Waals surface area contributed by atoms with E-state index in [1.54, 1.807) is 6.08 Å². The maximum atomic E-state index is 13.2. The highest BCUT2D eigenvalue weighted by atomic mass is 16.6. The minimum atomic E-state index is -1.93. The monoisotopic (exact) mass is 465 g/mol. The number of hydrogen-bond acceptors (Lipinski definition) is 10. The number of fused-ring (bicyclic) bond motifs is 2. The molecule has 0 aromatic carbocycles. The summed E-state index contributed by atoms with van der Waals surface area (Å²) >= 11 is 0. The van der Waals surface area contributed by atoms with Crippen LogP contribution in [0.3, 0.4) is 0 Å². The van der Waals surface area contributed by atoms with E-state index in [0.717, 1.165) is 13.8 Å². The van der Waals surface area contributed by atoms with E-state index in [1.807, 2.05) is 11.9 Å². The Morgan fingerprint density at radius 3 is 2.45 bits per heavy atom. The van der Waals surface area contributed by atoms with Gasteiger partial charge in [-0.2, -0.15) is 0 Å². The molecule has 10 heteroatoms. The minimum Gasteiger partial charge on any atom is -0.458 e. The Kier molecular flexibility index (Phi) is 8.54. The lowest BCUT2D eigenvalue weighted by Crippen LogP contribution is -2.53. The van der Waals surface area contributed by atoms with Gasteiger partial charge in [0.2, 0.25) is 11.4 Å². The highest BCUT2D eigenvalue weighted by Gasteiger charge is 2.51. The van der Waals surface area contributed by atoms with E-state index >= 15 is 0 Å². The Morgan fingerprint density at radius 1 is 1.21 bits per heavy atom. The number of nitrogens with zero attached hydrogens (tertiary/aromatic N) is 1. The van der Waals surface area contributed by atoms with E-state index in [1.165, 1.54) is 26.8 Å². The summed E-state index contributed by atoms with van der Waals surface area (Å²) in [7, 11) is 1.84. The standard InChI is InChI=1S/C23H31NO9/c1-7-17-20(31-14(3)25)13(2)23(5,33-15(4)26)22(29)30-12-16-8-10-24(6)11-9-18(19(16)27)32-21(17)28/h7-8,13,18,20H,9-12H2,1-6H3. The van der Waals surface area contributed by atoms with Crippen molar-refractivity contribution in [1.82, 2.24) is 4.90 Å². The zero-order chi connectivity index (χ0) is 24.9. The van der Waals surface area contributed by atoms with Crippen LogP contribution in [-0.4, -0.2) is 79.1 Å². The molecule has 1 fully saturated rings. The summed E-state index contributed by atoms with van der Waals surface area (Å²) in [5.74, 6) is -4.81. The fraction of sp³-hybridized carbons (Fsp3) is 0.609. The van der Waals surface area contributed by atoms with Gasteiger partial charge in [-0.15, -0.1) is 0 Å². The van der Waals surface area contributed by atoms with Gasteiger partial charge in [-0.25, -0.2) is 9.59 Å². The quantitative estimate of drug-likeness (QED) is 0.333. The number of hydrogen-bond donors (Lipinski definition) is 0. The van der Waals surface area contributed by atoms with E-state index < -0.39 is 60.0 Å². The van der Waals surface area contributed by atoms with Crippen molar-refractivity contribution in [3.63, 3.8) is 0 Å². The molecule has 0 aromatic heterocycles. The predicted octanol–water partition coefficient (Wildman–Crippen LogP) is 1.12. The summed E-state index contributed by atoms with van der Waals surface area (Å²) in [6.45, 7) is 7.15. The molecular weight excluding hydrogens is 434 g/mol. The molecule has 2 rings (SSSR count). The van der Waals surface area contributed by atoms with Gasteiger partial charge in [-0.1, -0.05) is 19.1 Å². The molecule has 2 aliphatic rings. The number of carbonyl (C=O) groups is 5. The number of allylic oxidation sites excluding steroid dienone is 1. The van der Waals surface area contributed by atoms with E-state index in [9.17, 15) is 24.0 Å². The first-order chi connectivity index (χ1) is 15.4. The Bertz CT molecular complexity index is 890. The van der Waals surface area contributed by atoms with Crippen LogP contribution in [-0.2, 0) is 42.9 Å². The second-order valence-electron chi connectivity index (χ2n) is 8.38. The van der Waals surface area contributed by atoms with Gasteiger partial charge in [0.15, 0.2) is 6.10 Å². The maximum absolute atomic E-state index is 13.2. The smallest absolute Gasteiger partial charge is 0.351 e.